The Bertz CT molecular complexity index is 259. The Labute approximate surface area is 84.2 Å². The van der Waals surface area contributed by atoms with E-state index in [-0.39, 0.29) is 6.04 Å². The predicted octanol–water partition coefficient (Wildman–Crippen LogP) is 0.724. The van der Waals surface area contributed by atoms with Gasteiger partial charge in [-0.05, 0) is 13.3 Å². The van der Waals surface area contributed by atoms with Crippen LogP contribution in [0.5, 0.6) is 0 Å². The van der Waals surface area contributed by atoms with Crippen molar-refractivity contribution in [1.82, 2.24) is 15.0 Å². The van der Waals surface area contributed by atoms with Gasteiger partial charge in [0.2, 0.25) is 0 Å². The fraction of sp³-hybridized carbons (Fsp3) is 0.778. The van der Waals surface area contributed by atoms with Gasteiger partial charge >= 0.3 is 0 Å². The van der Waals surface area contributed by atoms with E-state index in [1.807, 2.05) is 13.1 Å². The van der Waals surface area contributed by atoms with Gasteiger partial charge < -0.3 is 10.5 Å². The zero-order valence-electron chi connectivity index (χ0n) is 8.81. The molecule has 1 heterocycles. The molecular weight excluding hydrogens is 180 g/mol. The van der Waals surface area contributed by atoms with Gasteiger partial charge in [-0.1, -0.05) is 12.1 Å². The molecule has 80 valence electrons. The first-order valence-electron chi connectivity index (χ1n) is 4.97. The molecule has 1 unspecified atom stereocenters. The lowest BCUT2D eigenvalue weighted by Gasteiger charge is -2.01. The van der Waals surface area contributed by atoms with Crippen molar-refractivity contribution < 1.29 is 4.74 Å². The molecule has 0 aromatic carbocycles. The topological polar surface area (TPSA) is 66.0 Å². The Morgan fingerprint density at radius 2 is 2.36 bits per heavy atom. The summed E-state index contributed by atoms with van der Waals surface area (Å²) in [6.07, 6.45) is 2.91. The summed E-state index contributed by atoms with van der Waals surface area (Å²) >= 11 is 0. The first kappa shape index (κ1) is 11.1. The third kappa shape index (κ3) is 3.43. The second-order valence-corrected chi connectivity index (χ2v) is 3.31. The Balaban J connectivity index is 2.29. The Morgan fingerprint density at radius 1 is 1.57 bits per heavy atom. The number of nitrogens with two attached hydrogens (primary N) is 1. The van der Waals surface area contributed by atoms with E-state index >= 15 is 0 Å². The molecule has 0 saturated heterocycles. The molecule has 0 aliphatic carbocycles. The van der Waals surface area contributed by atoms with Gasteiger partial charge in [0.15, 0.2) is 0 Å². The molecule has 0 amide bonds. The first-order chi connectivity index (χ1) is 6.74. The summed E-state index contributed by atoms with van der Waals surface area (Å²) in [6, 6.07) is -0.0553. The van der Waals surface area contributed by atoms with Crippen LogP contribution in [0.2, 0.25) is 0 Å². The monoisotopic (exact) mass is 198 g/mol. The van der Waals surface area contributed by atoms with Gasteiger partial charge in [-0.2, -0.15) is 0 Å². The number of rotatable bonds is 6. The van der Waals surface area contributed by atoms with E-state index in [1.54, 1.807) is 4.68 Å². The van der Waals surface area contributed by atoms with Gasteiger partial charge in [-0.25, -0.2) is 4.68 Å². The predicted molar refractivity (Wildman–Crippen MR) is 53.7 cm³/mol. The van der Waals surface area contributed by atoms with Crippen molar-refractivity contribution in [3.8, 4) is 0 Å². The van der Waals surface area contributed by atoms with Crippen LogP contribution in [0.15, 0.2) is 6.20 Å². The van der Waals surface area contributed by atoms with Crippen LogP contribution in [0, 0.1) is 0 Å². The highest BCUT2D eigenvalue weighted by atomic mass is 16.5. The maximum absolute atomic E-state index is 5.66. The molecule has 5 heteroatoms. The maximum atomic E-state index is 5.66. The molecule has 14 heavy (non-hydrogen) atoms. The molecule has 0 bridgehead atoms. The average molecular weight is 198 g/mol. The van der Waals surface area contributed by atoms with E-state index in [1.165, 1.54) is 0 Å². The van der Waals surface area contributed by atoms with E-state index in [4.69, 9.17) is 10.5 Å². The number of hydrogen-bond donors (Lipinski definition) is 1. The van der Waals surface area contributed by atoms with Crippen molar-refractivity contribution in [2.24, 2.45) is 5.73 Å². The fourth-order valence-corrected chi connectivity index (χ4v) is 1.04. The second kappa shape index (κ2) is 5.72. The van der Waals surface area contributed by atoms with Crippen LogP contribution in [0.4, 0.5) is 0 Å². The quantitative estimate of drug-likeness (QED) is 0.684. The molecule has 0 saturated carbocycles. The summed E-state index contributed by atoms with van der Waals surface area (Å²) in [7, 11) is 0. The van der Waals surface area contributed by atoms with E-state index < -0.39 is 0 Å². The number of nitrogens with zero attached hydrogens (tertiary/aromatic N) is 3. The van der Waals surface area contributed by atoms with Crippen molar-refractivity contribution in [3.63, 3.8) is 0 Å². The van der Waals surface area contributed by atoms with Crippen molar-refractivity contribution in [1.29, 1.82) is 0 Å². The molecule has 1 rings (SSSR count). The summed E-state index contributed by atoms with van der Waals surface area (Å²) in [4.78, 5) is 0. The molecule has 0 aliphatic rings. The first-order valence-corrected chi connectivity index (χ1v) is 4.97. The summed E-state index contributed by atoms with van der Waals surface area (Å²) < 4.78 is 7.09. The molecule has 5 nitrogen and oxygen atoms in total. The van der Waals surface area contributed by atoms with E-state index in [2.05, 4.69) is 17.2 Å². The van der Waals surface area contributed by atoms with Crippen molar-refractivity contribution in [3.05, 3.63) is 11.9 Å². The SMILES string of the molecule is CCCOCCn1cc(C(C)N)nn1. The van der Waals surface area contributed by atoms with Crippen LogP contribution in [-0.4, -0.2) is 28.2 Å². The normalized spacial score (nSPS) is 13.1. The van der Waals surface area contributed by atoms with Gasteiger partial charge in [-0.15, -0.1) is 5.10 Å². The molecular formula is C9H18N4O. The minimum atomic E-state index is -0.0553. The minimum absolute atomic E-state index is 0.0553. The summed E-state index contributed by atoms with van der Waals surface area (Å²) in [5.41, 5.74) is 6.48. The Morgan fingerprint density at radius 3 is 2.93 bits per heavy atom. The van der Waals surface area contributed by atoms with Gasteiger partial charge in [0, 0.05) is 12.6 Å². The summed E-state index contributed by atoms with van der Waals surface area (Å²) in [5.74, 6) is 0. The van der Waals surface area contributed by atoms with Crippen LogP contribution in [-0.2, 0) is 11.3 Å². The zero-order valence-corrected chi connectivity index (χ0v) is 8.81. The minimum Gasteiger partial charge on any atom is -0.380 e. The largest absolute Gasteiger partial charge is 0.380 e. The van der Waals surface area contributed by atoms with Gasteiger partial charge in [0.05, 0.1) is 25.0 Å². The lowest BCUT2D eigenvalue weighted by molar-refractivity contribution is 0.124. The standard InChI is InChI=1S/C9H18N4O/c1-3-5-14-6-4-13-7-9(8(2)10)11-12-13/h7-8H,3-6,10H2,1-2H3. The highest BCUT2D eigenvalue weighted by Crippen LogP contribution is 2.02. The van der Waals surface area contributed by atoms with Crippen LogP contribution in [0.1, 0.15) is 32.0 Å². The smallest absolute Gasteiger partial charge is 0.0991 e. The number of hydrogen-bond acceptors (Lipinski definition) is 4. The molecule has 0 aliphatic heterocycles. The van der Waals surface area contributed by atoms with Crippen molar-refractivity contribution in [2.75, 3.05) is 13.2 Å². The van der Waals surface area contributed by atoms with Gasteiger partial charge in [0.25, 0.3) is 0 Å². The third-order valence-electron chi connectivity index (χ3n) is 1.84. The average Bonchev–Trinajstić information content (AvgIpc) is 2.61. The van der Waals surface area contributed by atoms with Gasteiger partial charge in [0.1, 0.15) is 0 Å². The maximum Gasteiger partial charge on any atom is 0.0991 e. The molecule has 1 atom stereocenters. The summed E-state index contributed by atoms with van der Waals surface area (Å²) in [6.45, 7) is 6.19. The van der Waals surface area contributed by atoms with Crippen LogP contribution in [0.25, 0.3) is 0 Å². The van der Waals surface area contributed by atoms with E-state index in [0.29, 0.717) is 6.61 Å². The second-order valence-electron chi connectivity index (χ2n) is 3.31. The Kier molecular flexibility index (Phi) is 4.55. The zero-order chi connectivity index (χ0) is 10.4. The highest BCUT2D eigenvalue weighted by molar-refractivity contribution is 4.97. The summed E-state index contributed by atoms with van der Waals surface area (Å²) in [5, 5.41) is 7.89. The lowest BCUT2D eigenvalue weighted by Crippen LogP contribution is -2.07. The van der Waals surface area contributed by atoms with E-state index in [9.17, 15) is 0 Å². The van der Waals surface area contributed by atoms with Crippen LogP contribution < -0.4 is 5.73 Å². The fourth-order valence-electron chi connectivity index (χ4n) is 1.04. The Hall–Kier alpha value is -0.940. The van der Waals surface area contributed by atoms with Crippen molar-refractivity contribution in [2.45, 2.75) is 32.9 Å². The van der Waals surface area contributed by atoms with E-state index in [0.717, 1.165) is 25.3 Å². The molecule has 2 N–H and O–H groups in total. The lowest BCUT2D eigenvalue weighted by atomic mass is 10.3. The molecule has 0 spiro atoms. The molecule has 1 aromatic rings. The molecule has 0 fully saturated rings. The van der Waals surface area contributed by atoms with Crippen molar-refractivity contribution >= 4 is 0 Å². The molecule has 0 radical (unpaired) electrons. The van der Waals surface area contributed by atoms with Gasteiger partial charge in [-0.3, -0.25) is 0 Å². The number of aromatic nitrogens is 3. The third-order valence-corrected chi connectivity index (χ3v) is 1.84. The van der Waals surface area contributed by atoms with Crippen LogP contribution in [0.3, 0.4) is 0 Å². The molecule has 1 aromatic heterocycles. The van der Waals surface area contributed by atoms with Crippen LogP contribution >= 0.6 is 0 Å². The highest BCUT2D eigenvalue weighted by Gasteiger charge is 2.04. The number of ether oxygens (including phenoxy) is 1.